The predicted octanol–water partition coefficient (Wildman–Crippen LogP) is 4.11. The average molecular weight is 283 g/mol. The van der Waals surface area contributed by atoms with Gasteiger partial charge in [-0.25, -0.2) is 4.79 Å². The molecule has 0 spiro atoms. The molecule has 0 bridgehead atoms. The lowest BCUT2D eigenvalue weighted by Crippen LogP contribution is -1.99. The Hall–Kier alpha value is -2.20. The molecule has 0 aliphatic heterocycles. The van der Waals surface area contributed by atoms with Crippen molar-refractivity contribution in [2.45, 2.75) is 9.79 Å². The van der Waals surface area contributed by atoms with Crippen LogP contribution in [0.3, 0.4) is 0 Å². The molecule has 100 valence electrons. The van der Waals surface area contributed by atoms with Crippen LogP contribution in [0.15, 0.2) is 64.5 Å². The zero-order chi connectivity index (χ0) is 13.9. The molecule has 0 saturated carbocycles. The third kappa shape index (κ3) is 2.42. The van der Waals surface area contributed by atoms with Crippen LogP contribution in [-0.4, -0.2) is 18.1 Å². The molecule has 0 atom stereocenters. The van der Waals surface area contributed by atoms with Crippen LogP contribution < -0.4 is 0 Å². The minimum atomic E-state index is -0.321. The molecule has 1 heterocycles. The van der Waals surface area contributed by atoms with Crippen LogP contribution in [0, 0.1) is 0 Å². The lowest BCUT2D eigenvalue weighted by atomic mass is 10.2. The number of H-pyrrole nitrogens is 1. The molecule has 1 aromatic heterocycles. The van der Waals surface area contributed by atoms with Crippen LogP contribution in [-0.2, 0) is 4.74 Å². The van der Waals surface area contributed by atoms with Gasteiger partial charge in [-0.15, -0.1) is 0 Å². The van der Waals surface area contributed by atoms with Crippen molar-refractivity contribution in [2.75, 3.05) is 7.11 Å². The summed E-state index contributed by atoms with van der Waals surface area (Å²) in [4.78, 5) is 17.1. The van der Waals surface area contributed by atoms with Gasteiger partial charge < -0.3 is 9.72 Å². The molecule has 1 N–H and O–H groups in total. The second kappa shape index (κ2) is 5.43. The maximum absolute atomic E-state index is 11.7. The molecule has 3 aromatic rings. The average Bonchev–Trinajstić information content (AvgIpc) is 2.91. The van der Waals surface area contributed by atoms with Crippen molar-refractivity contribution in [3.63, 3.8) is 0 Å². The zero-order valence-corrected chi connectivity index (χ0v) is 11.7. The molecule has 3 rings (SSSR count). The van der Waals surface area contributed by atoms with E-state index in [1.54, 1.807) is 18.0 Å². The van der Waals surface area contributed by atoms with Gasteiger partial charge in [0.1, 0.15) is 0 Å². The van der Waals surface area contributed by atoms with E-state index < -0.39 is 0 Å². The summed E-state index contributed by atoms with van der Waals surface area (Å²) >= 11 is 1.67. The second-order valence-corrected chi connectivity index (χ2v) is 5.46. The van der Waals surface area contributed by atoms with Crippen molar-refractivity contribution in [3.8, 4) is 0 Å². The Morgan fingerprint density at radius 1 is 1.10 bits per heavy atom. The van der Waals surface area contributed by atoms with Gasteiger partial charge in [0.15, 0.2) is 0 Å². The van der Waals surface area contributed by atoms with Gasteiger partial charge in [-0.1, -0.05) is 30.0 Å². The van der Waals surface area contributed by atoms with Crippen LogP contribution in [0.1, 0.15) is 10.4 Å². The number of benzene rings is 2. The smallest absolute Gasteiger partial charge is 0.340 e. The van der Waals surface area contributed by atoms with E-state index in [9.17, 15) is 4.79 Å². The van der Waals surface area contributed by atoms with E-state index in [2.05, 4.69) is 17.1 Å². The van der Waals surface area contributed by atoms with Gasteiger partial charge in [-0.05, 0) is 30.3 Å². The van der Waals surface area contributed by atoms with Crippen molar-refractivity contribution in [3.05, 3.63) is 60.3 Å². The minimum Gasteiger partial charge on any atom is -0.465 e. The van der Waals surface area contributed by atoms with Gasteiger partial charge in [-0.3, -0.25) is 0 Å². The molecular formula is C16H13NO2S. The minimum absolute atomic E-state index is 0.321. The highest BCUT2D eigenvalue weighted by Gasteiger charge is 2.12. The van der Waals surface area contributed by atoms with Gasteiger partial charge >= 0.3 is 5.97 Å². The molecule has 0 aliphatic carbocycles. The monoisotopic (exact) mass is 283 g/mol. The number of nitrogens with one attached hydrogen (secondary N) is 1. The maximum atomic E-state index is 11.7. The Bertz CT molecular complexity index is 750. The number of hydrogen-bond acceptors (Lipinski definition) is 3. The van der Waals surface area contributed by atoms with Crippen molar-refractivity contribution in [2.24, 2.45) is 0 Å². The van der Waals surface area contributed by atoms with Crippen LogP contribution in [0.5, 0.6) is 0 Å². The summed E-state index contributed by atoms with van der Waals surface area (Å²) in [5.74, 6) is -0.321. The molecule has 2 aromatic carbocycles. The highest BCUT2D eigenvalue weighted by Crippen LogP contribution is 2.31. The van der Waals surface area contributed by atoms with E-state index in [0.29, 0.717) is 5.56 Å². The molecule has 0 aliphatic rings. The number of rotatable bonds is 3. The Labute approximate surface area is 121 Å². The fourth-order valence-electron chi connectivity index (χ4n) is 2.07. The van der Waals surface area contributed by atoms with E-state index in [4.69, 9.17) is 4.74 Å². The SMILES string of the molecule is COC(=O)c1c[nH]c2ccc(Sc3ccccc3)cc12. The topological polar surface area (TPSA) is 42.1 Å². The van der Waals surface area contributed by atoms with Gasteiger partial charge in [0.05, 0.1) is 12.7 Å². The first-order valence-corrected chi connectivity index (χ1v) is 7.02. The van der Waals surface area contributed by atoms with E-state index in [1.807, 2.05) is 36.4 Å². The lowest BCUT2D eigenvalue weighted by Gasteiger charge is -2.03. The van der Waals surface area contributed by atoms with Crippen molar-refractivity contribution < 1.29 is 9.53 Å². The largest absolute Gasteiger partial charge is 0.465 e. The quantitative estimate of drug-likeness (QED) is 0.736. The van der Waals surface area contributed by atoms with Gasteiger partial charge in [0.2, 0.25) is 0 Å². The normalized spacial score (nSPS) is 10.7. The second-order valence-electron chi connectivity index (χ2n) is 4.32. The fraction of sp³-hybridized carbons (Fsp3) is 0.0625. The van der Waals surface area contributed by atoms with Gasteiger partial charge in [0.25, 0.3) is 0 Å². The molecule has 0 fully saturated rings. The highest BCUT2D eigenvalue weighted by molar-refractivity contribution is 7.99. The van der Waals surface area contributed by atoms with Crippen LogP contribution >= 0.6 is 11.8 Å². The molecule has 0 saturated heterocycles. The van der Waals surface area contributed by atoms with Crippen LogP contribution in [0.2, 0.25) is 0 Å². The number of carbonyl (C=O) groups is 1. The van der Waals surface area contributed by atoms with Crippen LogP contribution in [0.25, 0.3) is 10.9 Å². The zero-order valence-electron chi connectivity index (χ0n) is 10.9. The third-order valence-corrected chi connectivity index (χ3v) is 4.03. The van der Waals surface area contributed by atoms with E-state index in [1.165, 1.54) is 12.0 Å². The first-order chi connectivity index (χ1) is 9.78. The maximum Gasteiger partial charge on any atom is 0.340 e. The summed E-state index contributed by atoms with van der Waals surface area (Å²) in [6.07, 6.45) is 1.69. The number of fused-ring (bicyclic) bond motifs is 1. The molecule has 20 heavy (non-hydrogen) atoms. The van der Waals surface area contributed by atoms with Crippen molar-refractivity contribution in [1.29, 1.82) is 0 Å². The number of hydrogen-bond donors (Lipinski definition) is 1. The summed E-state index contributed by atoms with van der Waals surface area (Å²) in [6.45, 7) is 0. The summed E-state index contributed by atoms with van der Waals surface area (Å²) in [5.41, 5.74) is 1.50. The van der Waals surface area contributed by atoms with Gasteiger partial charge in [0, 0.05) is 26.9 Å². The Kier molecular flexibility index (Phi) is 3.48. The lowest BCUT2D eigenvalue weighted by molar-refractivity contribution is 0.0603. The first kappa shape index (κ1) is 12.8. The van der Waals surface area contributed by atoms with Crippen molar-refractivity contribution in [1.82, 2.24) is 4.98 Å². The van der Waals surface area contributed by atoms with E-state index in [-0.39, 0.29) is 5.97 Å². The molecule has 3 nitrogen and oxygen atoms in total. The molecule has 4 heteroatoms. The number of esters is 1. The predicted molar refractivity (Wildman–Crippen MR) is 80.2 cm³/mol. The number of carbonyl (C=O) groups excluding carboxylic acids is 1. The Morgan fingerprint density at radius 2 is 1.90 bits per heavy atom. The molecule has 0 unspecified atom stereocenters. The summed E-state index contributed by atoms with van der Waals surface area (Å²) in [7, 11) is 1.39. The Balaban J connectivity index is 1.99. The van der Waals surface area contributed by atoms with E-state index >= 15 is 0 Å². The first-order valence-electron chi connectivity index (χ1n) is 6.20. The van der Waals surface area contributed by atoms with Crippen molar-refractivity contribution >= 4 is 28.6 Å². The molecule has 0 amide bonds. The Morgan fingerprint density at radius 3 is 2.65 bits per heavy atom. The summed E-state index contributed by atoms with van der Waals surface area (Å²) in [5, 5.41) is 0.887. The number of methoxy groups -OCH3 is 1. The molecular weight excluding hydrogens is 270 g/mol. The summed E-state index contributed by atoms with van der Waals surface area (Å²) in [6, 6.07) is 16.2. The fourth-order valence-corrected chi connectivity index (χ4v) is 2.94. The van der Waals surface area contributed by atoms with Crippen LogP contribution in [0.4, 0.5) is 0 Å². The van der Waals surface area contributed by atoms with E-state index in [0.717, 1.165) is 15.8 Å². The number of ether oxygens (including phenoxy) is 1. The number of aromatic amines is 1. The highest BCUT2D eigenvalue weighted by atomic mass is 32.2. The third-order valence-electron chi connectivity index (χ3n) is 3.04. The number of aromatic nitrogens is 1. The summed E-state index contributed by atoms with van der Waals surface area (Å²) < 4.78 is 4.80. The van der Waals surface area contributed by atoms with Gasteiger partial charge in [-0.2, -0.15) is 0 Å². The standard InChI is InChI=1S/C16H13NO2S/c1-19-16(18)14-10-17-15-8-7-12(9-13(14)15)20-11-5-3-2-4-6-11/h2-10,17H,1H3. The molecule has 0 radical (unpaired) electrons.